The van der Waals surface area contributed by atoms with Crippen LogP contribution in [-0.2, 0) is 59.2 Å². The van der Waals surface area contributed by atoms with Crippen LogP contribution >= 0.6 is 0 Å². The number of carboxylic acids is 1. The molecule has 11 N–H and O–H groups in total. The first kappa shape index (κ1) is 83.7. The van der Waals surface area contributed by atoms with E-state index in [1.807, 2.05) is 92.6 Å². The highest BCUT2D eigenvalue weighted by Crippen LogP contribution is 2.29. The molecule has 0 aromatic heterocycles. The minimum atomic E-state index is -0.864. The summed E-state index contributed by atoms with van der Waals surface area (Å²) in [6.45, 7) is 26.9. The van der Waals surface area contributed by atoms with Crippen LogP contribution in [0.3, 0.4) is 0 Å². The Bertz CT molecular complexity index is 2350. The maximum atomic E-state index is 13.6. The summed E-state index contributed by atoms with van der Waals surface area (Å²) in [5.74, 6) is -1.81. The number of hydrogen-bond acceptors (Lipinski definition) is 14. The molecule has 2 aromatic rings. The van der Waals surface area contributed by atoms with Gasteiger partial charge in [-0.15, -0.1) is 0 Å². The van der Waals surface area contributed by atoms with Gasteiger partial charge in [0.05, 0.1) is 61.9 Å². The quantitative estimate of drug-likeness (QED) is 0.0345. The van der Waals surface area contributed by atoms with Crippen molar-refractivity contribution < 1.29 is 72.4 Å². The maximum Gasteiger partial charge on any atom is 0.410 e. The molecule has 25 nitrogen and oxygen atoms in total. The molecule has 2 aromatic carbocycles. The summed E-state index contributed by atoms with van der Waals surface area (Å²) in [5.41, 5.74) is 6.86. The summed E-state index contributed by atoms with van der Waals surface area (Å²) in [7, 11) is 4.77. The number of ether oxygens (including phenoxy) is 3. The minimum Gasteiger partial charge on any atom is -0.481 e. The zero-order chi connectivity index (χ0) is 68.2. The average Bonchev–Trinajstić information content (AvgIpc) is 3.34. The van der Waals surface area contributed by atoms with Crippen molar-refractivity contribution in [1.29, 1.82) is 0 Å². The van der Waals surface area contributed by atoms with E-state index in [1.165, 1.54) is 20.6 Å². The van der Waals surface area contributed by atoms with Crippen molar-refractivity contribution in [2.24, 2.45) is 29.4 Å². The Hall–Kier alpha value is -7.38. The molecule has 0 radical (unpaired) electrons. The van der Waals surface area contributed by atoms with Crippen molar-refractivity contribution >= 4 is 66.1 Å². The number of aliphatic hydroxyl groups is 1. The van der Waals surface area contributed by atoms with Crippen molar-refractivity contribution in [3.8, 4) is 0 Å². The fourth-order valence-electron chi connectivity index (χ4n) is 8.56. The van der Waals surface area contributed by atoms with Crippen molar-refractivity contribution in [2.75, 3.05) is 52.8 Å². The molecular weight excluding hydrogens is 1150 g/mol. The fraction of sp³-hybridized carbons (Fsp3) is 0.656. The van der Waals surface area contributed by atoms with E-state index in [2.05, 4.69) is 51.1 Å². The third-order valence-corrected chi connectivity index (χ3v) is 14.7. The van der Waals surface area contributed by atoms with Crippen molar-refractivity contribution in [2.45, 2.75) is 203 Å². The number of nitrogens with one attached hydrogen (secondary N) is 7. The zero-order valence-corrected chi connectivity index (χ0v) is 55.9. The van der Waals surface area contributed by atoms with Gasteiger partial charge in [0.25, 0.3) is 0 Å². The van der Waals surface area contributed by atoms with E-state index < -0.39 is 48.3 Å². The third kappa shape index (κ3) is 36.0. The van der Waals surface area contributed by atoms with E-state index in [0.717, 1.165) is 24.8 Å². The van der Waals surface area contributed by atoms with Gasteiger partial charge in [0.1, 0.15) is 6.61 Å². The van der Waals surface area contributed by atoms with E-state index in [0.29, 0.717) is 68.3 Å². The van der Waals surface area contributed by atoms with E-state index in [4.69, 9.17) is 25.1 Å². The Morgan fingerprint density at radius 2 is 1.34 bits per heavy atom. The molecule has 10 unspecified atom stereocenters. The normalized spacial score (nSPS) is 15.2. The lowest BCUT2D eigenvalue weighted by molar-refractivity contribution is -0.143. The molecule has 0 bridgehead atoms. The van der Waals surface area contributed by atoms with Gasteiger partial charge in [-0.2, -0.15) is 0 Å². The Morgan fingerprint density at radius 1 is 0.753 bits per heavy atom. The van der Waals surface area contributed by atoms with Gasteiger partial charge in [-0.05, 0) is 87.5 Å². The second-order valence-corrected chi connectivity index (χ2v) is 22.6. The van der Waals surface area contributed by atoms with Crippen molar-refractivity contribution in [1.82, 2.24) is 41.7 Å². The molecule has 0 spiro atoms. The Labute approximate surface area is 529 Å². The van der Waals surface area contributed by atoms with Crippen LogP contribution in [0.1, 0.15) is 165 Å². The molecule has 0 aliphatic carbocycles. The number of carboxylic acid groups (broad SMARTS) is 1. The van der Waals surface area contributed by atoms with E-state index in [9.17, 15) is 53.1 Å². The number of primary amides is 1. The van der Waals surface area contributed by atoms with Crippen LogP contribution in [0, 0.1) is 23.7 Å². The number of carbonyl (C=O) groups is 10. The number of aliphatic hydroxyl groups excluding tert-OH is 1. The van der Waals surface area contributed by atoms with Gasteiger partial charge < -0.3 is 77.2 Å². The number of carbonyl (C=O) groups excluding carboxylic acids is 9. The largest absolute Gasteiger partial charge is 0.481 e. The Morgan fingerprint density at radius 3 is 1.82 bits per heavy atom. The predicted molar refractivity (Wildman–Crippen MR) is 344 cm³/mol. The van der Waals surface area contributed by atoms with E-state index in [-0.39, 0.29) is 92.2 Å². The van der Waals surface area contributed by atoms with Gasteiger partial charge in [0.2, 0.25) is 42.4 Å². The zero-order valence-electron chi connectivity index (χ0n) is 55.9. The molecule has 25 heteroatoms. The monoisotopic (exact) mass is 1260 g/mol. The number of nitrogens with zero attached hydrogens (tertiary/aromatic N) is 2. The summed E-state index contributed by atoms with van der Waals surface area (Å²) < 4.78 is 16.8. The molecule has 1 aliphatic rings. The number of hydrogen-bond donors (Lipinski definition) is 10. The molecule has 10 atom stereocenters. The molecule has 1 fully saturated rings. The van der Waals surface area contributed by atoms with Gasteiger partial charge in [-0.3, -0.25) is 38.4 Å². The molecule has 3 rings (SSSR count). The SMILES string of the molecule is CC(C)C(C)N(C)C(=O)OCc1ccc(NC(=O)CNC=O)cc1.CC(C)C(C)NC(=O)CCCC(=O)O.CCC.CCC(C)C(NC(=O)CNC=O)C(CC(=O)N1CCCC1C(OC)C(C)C(=O)NC(C)C(O)c1ccccc1)OC.CCCNC(N)=O. The van der Waals surface area contributed by atoms with Gasteiger partial charge in [0.15, 0.2) is 0 Å². The van der Waals surface area contributed by atoms with Crippen molar-refractivity contribution in [3.05, 3.63) is 65.7 Å². The summed E-state index contributed by atoms with van der Waals surface area (Å²) in [6.07, 6.45) is 3.76. The number of likely N-dealkylation sites (tertiary alicyclic amines) is 1. The number of urea groups is 1. The number of aliphatic carboxylic acids is 1. The minimum absolute atomic E-state index is 0.0194. The number of amides is 10. The van der Waals surface area contributed by atoms with Crippen LogP contribution in [0.4, 0.5) is 15.3 Å². The number of nitrogens with two attached hydrogens (primary N) is 1. The molecule has 1 heterocycles. The van der Waals surface area contributed by atoms with Crippen LogP contribution in [0.25, 0.3) is 0 Å². The average molecular weight is 1260 g/mol. The predicted octanol–water partition coefficient (Wildman–Crippen LogP) is 6.42. The first-order chi connectivity index (χ1) is 42.0. The highest BCUT2D eigenvalue weighted by Gasteiger charge is 2.41. The van der Waals surface area contributed by atoms with Crippen molar-refractivity contribution in [3.63, 3.8) is 0 Å². The molecule has 0 saturated carbocycles. The maximum absolute atomic E-state index is 13.6. The molecule has 10 amide bonds. The fourth-order valence-corrected chi connectivity index (χ4v) is 8.56. The van der Waals surface area contributed by atoms with E-state index >= 15 is 0 Å². The smallest absolute Gasteiger partial charge is 0.410 e. The molecule has 1 aliphatic heterocycles. The summed E-state index contributed by atoms with van der Waals surface area (Å²) >= 11 is 0. The van der Waals surface area contributed by atoms with Gasteiger partial charge in [-0.1, -0.05) is 125 Å². The second kappa shape index (κ2) is 48.5. The van der Waals surface area contributed by atoms with Gasteiger partial charge in [-0.25, -0.2) is 9.59 Å². The van der Waals surface area contributed by atoms with Crippen LogP contribution in [0.5, 0.6) is 0 Å². The summed E-state index contributed by atoms with van der Waals surface area (Å²) in [6, 6.07) is 14.6. The number of methoxy groups -OCH3 is 2. The first-order valence-electron chi connectivity index (χ1n) is 30.9. The lowest BCUT2D eigenvalue weighted by atomic mass is 9.91. The van der Waals surface area contributed by atoms with Gasteiger partial charge in [0, 0.05) is 65.0 Å². The summed E-state index contributed by atoms with van der Waals surface area (Å²) in [5, 5.41) is 37.4. The topological polar surface area (TPSA) is 356 Å². The van der Waals surface area contributed by atoms with Crippen LogP contribution < -0.4 is 43.0 Å². The lowest BCUT2D eigenvalue weighted by Crippen LogP contribution is -2.54. The highest BCUT2D eigenvalue weighted by molar-refractivity contribution is 5.93. The number of benzene rings is 2. The second-order valence-electron chi connectivity index (χ2n) is 22.6. The molecule has 1 saturated heterocycles. The lowest BCUT2D eigenvalue weighted by Gasteiger charge is -2.36. The van der Waals surface area contributed by atoms with Crippen LogP contribution in [0.2, 0.25) is 0 Å². The van der Waals surface area contributed by atoms with Crippen LogP contribution in [-0.4, -0.2) is 170 Å². The molecule has 89 heavy (non-hydrogen) atoms. The molecular formula is C64H110N10O15. The number of anilines is 1. The molecule has 506 valence electrons. The first-order valence-corrected chi connectivity index (χ1v) is 30.9. The third-order valence-electron chi connectivity index (χ3n) is 14.7. The summed E-state index contributed by atoms with van der Waals surface area (Å²) in [4.78, 5) is 118. The number of rotatable bonds is 33. The van der Waals surface area contributed by atoms with E-state index in [1.54, 1.807) is 55.0 Å². The standard InChI is InChI=1S/C30H48N4O7.C17H25N3O4.C10H19NO3.C4H10N2O.C3H8/c1-7-19(2)27(33-25(36)17-31-18-35)24(40-5)16-26(37)34-15-11-14-23(34)29(41-6)20(3)30(39)32-21(4)28(38)22-12-9-8-10-13-22;1-12(2)13(3)20(4)17(23)24-10-14-5-7-15(8-6-14)19-16(22)9-18-11-21;1-7(2)8(3)11-9(12)5-4-6-10(13)14;1-2-3-6-4(5)7;1-3-2/h8-10,12-13,18-21,23-24,27-29,38H,7,11,14-17H2,1-6H3,(H,31,35)(H,32,39)(H,33,36);5-8,11-13H,9-10H2,1-4H3,(H,18,21)(H,19,22);7-8H,4-6H2,1-3H3,(H,11,12)(H,13,14);2-3H2,1H3,(H3,5,6,7);3H2,1-2H3. The van der Waals surface area contributed by atoms with Gasteiger partial charge >= 0.3 is 18.1 Å². The highest BCUT2D eigenvalue weighted by atomic mass is 16.6. The Balaban J connectivity index is 0. The van der Waals surface area contributed by atoms with Crippen LogP contribution in [0.15, 0.2) is 54.6 Å². The Kier molecular flexibility index (Phi) is 45.6.